The fraction of sp³-hybridized carbons (Fsp3) is 0.600. The molecule has 0 saturated heterocycles. The maximum Gasteiger partial charge on any atom is 0.303 e. The maximum atomic E-state index is 11.3. The number of nitro benzene ring substituents is 2. The molecular formula is C20H30N4O10. The number of benzene rings is 1. The van der Waals surface area contributed by atoms with Crippen molar-refractivity contribution in [1.29, 1.82) is 0 Å². The number of hydrogen-bond acceptors (Lipinski definition) is 10. The number of carbonyl (C=O) groups is 2. The van der Waals surface area contributed by atoms with Gasteiger partial charge in [-0.2, -0.15) is 0 Å². The van der Waals surface area contributed by atoms with Gasteiger partial charge in [-0.3, -0.25) is 29.8 Å². The second-order valence-electron chi connectivity index (χ2n) is 6.93. The Morgan fingerprint density at radius 3 is 2.00 bits per heavy atom. The van der Waals surface area contributed by atoms with Crippen molar-refractivity contribution in [3.63, 3.8) is 0 Å². The largest absolute Gasteiger partial charge is 0.481 e. The summed E-state index contributed by atoms with van der Waals surface area (Å²) in [7, 11) is 0. The number of nitrogens with zero attached hydrogens (tertiary/aromatic N) is 2. The molecule has 1 rings (SSSR count). The van der Waals surface area contributed by atoms with Gasteiger partial charge in [-0.05, 0) is 18.9 Å². The molecule has 0 aliphatic rings. The number of nitrogens with one attached hydrogen (secondary N) is 2. The molecule has 0 aromatic heterocycles. The number of amides is 1. The van der Waals surface area contributed by atoms with Gasteiger partial charge in [0.05, 0.1) is 48.8 Å². The van der Waals surface area contributed by atoms with Gasteiger partial charge in [-0.15, -0.1) is 0 Å². The molecular weight excluding hydrogens is 456 g/mol. The molecule has 14 heteroatoms. The lowest BCUT2D eigenvalue weighted by molar-refractivity contribution is -0.393. The van der Waals surface area contributed by atoms with Gasteiger partial charge in [0.15, 0.2) is 0 Å². The molecule has 0 spiro atoms. The minimum absolute atomic E-state index is 0.0368. The molecule has 0 heterocycles. The van der Waals surface area contributed by atoms with Crippen LogP contribution in [0.1, 0.15) is 25.7 Å². The van der Waals surface area contributed by atoms with E-state index in [-0.39, 0.29) is 35.8 Å². The predicted molar refractivity (Wildman–Crippen MR) is 120 cm³/mol. The third-order valence-corrected chi connectivity index (χ3v) is 4.27. The molecule has 0 aliphatic heterocycles. The lowest BCUT2D eigenvalue weighted by Gasteiger charge is -2.09. The van der Waals surface area contributed by atoms with Crippen molar-refractivity contribution in [2.75, 3.05) is 58.0 Å². The zero-order valence-corrected chi connectivity index (χ0v) is 18.7. The van der Waals surface area contributed by atoms with E-state index in [2.05, 4.69) is 10.6 Å². The SMILES string of the molecule is O=C(O)CCC(=O)NCCCOCCOCCOCCCNc1ccc([N+](=O)[O-])cc1[N+](=O)[O-]. The van der Waals surface area contributed by atoms with Crippen LogP contribution < -0.4 is 10.6 Å². The maximum absolute atomic E-state index is 11.3. The van der Waals surface area contributed by atoms with Crippen molar-refractivity contribution in [1.82, 2.24) is 5.32 Å². The van der Waals surface area contributed by atoms with E-state index in [1.165, 1.54) is 12.1 Å². The van der Waals surface area contributed by atoms with Gasteiger partial charge in [0.25, 0.3) is 11.4 Å². The van der Waals surface area contributed by atoms with Crippen molar-refractivity contribution in [2.24, 2.45) is 0 Å². The van der Waals surface area contributed by atoms with Crippen LogP contribution in [0.4, 0.5) is 17.1 Å². The molecule has 1 aromatic carbocycles. The van der Waals surface area contributed by atoms with Crippen LogP contribution in [0.15, 0.2) is 18.2 Å². The molecule has 0 aliphatic carbocycles. The van der Waals surface area contributed by atoms with Crippen LogP contribution in [-0.2, 0) is 23.8 Å². The predicted octanol–water partition coefficient (Wildman–Crippen LogP) is 1.73. The van der Waals surface area contributed by atoms with Crippen LogP contribution >= 0.6 is 0 Å². The molecule has 0 unspecified atom stereocenters. The van der Waals surface area contributed by atoms with E-state index < -0.39 is 15.8 Å². The fourth-order valence-corrected chi connectivity index (χ4v) is 2.58. The van der Waals surface area contributed by atoms with Gasteiger partial charge in [-0.1, -0.05) is 0 Å². The Balaban J connectivity index is 1.96. The summed E-state index contributed by atoms with van der Waals surface area (Å²) in [5.74, 6) is -1.30. The minimum Gasteiger partial charge on any atom is -0.481 e. The third kappa shape index (κ3) is 13.2. The van der Waals surface area contributed by atoms with Crippen molar-refractivity contribution in [3.05, 3.63) is 38.4 Å². The van der Waals surface area contributed by atoms with Crippen molar-refractivity contribution in [2.45, 2.75) is 25.7 Å². The molecule has 190 valence electrons. The molecule has 0 fully saturated rings. The number of carbonyl (C=O) groups excluding carboxylic acids is 1. The number of anilines is 1. The van der Waals surface area contributed by atoms with E-state index in [4.69, 9.17) is 19.3 Å². The quantitative estimate of drug-likeness (QED) is 0.138. The average molecular weight is 486 g/mol. The van der Waals surface area contributed by atoms with Gasteiger partial charge in [-0.25, -0.2) is 0 Å². The lowest BCUT2D eigenvalue weighted by atomic mass is 10.2. The molecule has 1 aromatic rings. The zero-order chi connectivity index (χ0) is 25.2. The summed E-state index contributed by atoms with van der Waals surface area (Å²) in [4.78, 5) is 42.1. The van der Waals surface area contributed by atoms with Crippen LogP contribution in [0.2, 0.25) is 0 Å². The first kappa shape index (κ1) is 28.7. The van der Waals surface area contributed by atoms with Crippen LogP contribution in [0, 0.1) is 20.2 Å². The lowest BCUT2D eigenvalue weighted by Crippen LogP contribution is -2.25. The number of non-ortho nitro benzene ring substituents is 1. The van der Waals surface area contributed by atoms with E-state index >= 15 is 0 Å². The number of ether oxygens (including phenoxy) is 3. The summed E-state index contributed by atoms with van der Waals surface area (Å²) in [6.07, 6.45) is 0.960. The third-order valence-electron chi connectivity index (χ3n) is 4.27. The second kappa shape index (κ2) is 17.2. The van der Waals surface area contributed by atoms with Crippen LogP contribution in [-0.4, -0.2) is 79.6 Å². The van der Waals surface area contributed by atoms with E-state index in [0.29, 0.717) is 65.6 Å². The Labute approximate surface area is 195 Å². The standard InChI is InChI=1S/C20H30N4O10/c25-19(5-6-20(26)27)22-8-2-10-33-12-14-34-13-11-32-9-1-7-21-17-4-3-16(23(28)29)15-18(17)24(30)31/h3-4,15,21H,1-2,5-14H2,(H,22,25)(H,26,27). The number of carboxylic acid groups (broad SMARTS) is 1. The van der Waals surface area contributed by atoms with Crippen molar-refractivity contribution >= 4 is 28.9 Å². The van der Waals surface area contributed by atoms with Crippen LogP contribution in [0.5, 0.6) is 0 Å². The molecule has 3 N–H and O–H groups in total. The minimum atomic E-state index is -1.01. The van der Waals surface area contributed by atoms with Crippen molar-refractivity contribution < 1.29 is 38.8 Å². The number of carboxylic acids is 1. The monoisotopic (exact) mass is 486 g/mol. The molecule has 0 radical (unpaired) electrons. The number of nitro groups is 2. The van der Waals surface area contributed by atoms with Crippen molar-refractivity contribution in [3.8, 4) is 0 Å². The molecule has 0 bridgehead atoms. The molecule has 0 saturated carbocycles. The summed E-state index contributed by atoms with van der Waals surface area (Å²) in [5, 5.41) is 35.8. The fourth-order valence-electron chi connectivity index (χ4n) is 2.58. The Kier molecular flexibility index (Phi) is 14.5. The number of aliphatic carboxylic acids is 1. The summed E-state index contributed by atoms with van der Waals surface area (Å²) < 4.78 is 16.1. The molecule has 34 heavy (non-hydrogen) atoms. The van der Waals surface area contributed by atoms with Crippen LogP contribution in [0.3, 0.4) is 0 Å². The first-order valence-corrected chi connectivity index (χ1v) is 10.7. The Morgan fingerprint density at radius 1 is 0.853 bits per heavy atom. The van der Waals surface area contributed by atoms with E-state index in [1.807, 2.05) is 0 Å². The summed E-state index contributed by atoms with van der Waals surface area (Å²) in [5.41, 5.74) is -0.491. The zero-order valence-electron chi connectivity index (χ0n) is 18.7. The van der Waals surface area contributed by atoms with Crippen LogP contribution in [0.25, 0.3) is 0 Å². The van der Waals surface area contributed by atoms with Gasteiger partial charge in [0, 0.05) is 38.8 Å². The van der Waals surface area contributed by atoms with Gasteiger partial charge < -0.3 is 30.0 Å². The smallest absolute Gasteiger partial charge is 0.303 e. The highest BCUT2D eigenvalue weighted by Gasteiger charge is 2.18. The Hall–Kier alpha value is -3.36. The highest BCUT2D eigenvalue weighted by molar-refractivity contribution is 5.80. The molecule has 1 amide bonds. The number of rotatable bonds is 20. The van der Waals surface area contributed by atoms with E-state index in [9.17, 15) is 29.8 Å². The normalized spacial score (nSPS) is 10.6. The van der Waals surface area contributed by atoms with Gasteiger partial charge in [0.2, 0.25) is 5.91 Å². The summed E-state index contributed by atoms with van der Waals surface area (Å²) >= 11 is 0. The second-order valence-corrected chi connectivity index (χ2v) is 6.93. The first-order chi connectivity index (χ1) is 16.3. The topological polar surface area (TPSA) is 192 Å². The highest BCUT2D eigenvalue weighted by atomic mass is 16.6. The summed E-state index contributed by atoms with van der Waals surface area (Å²) in [6.45, 7) is 3.20. The molecule has 14 nitrogen and oxygen atoms in total. The Morgan fingerprint density at radius 2 is 1.44 bits per heavy atom. The summed E-state index contributed by atoms with van der Waals surface area (Å²) in [6, 6.07) is 3.43. The Bertz CT molecular complexity index is 806. The number of hydrogen-bond donors (Lipinski definition) is 3. The average Bonchev–Trinajstić information content (AvgIpc) is 2.79. The highest BCUT2D eigenvalue weighted by Crippen LogP contribution is 2.28. The first-order valence-electron chi connectivity index (χ1n) is 10.7. The molecule has 0 atom stereocenters. The van der Waals surface area contributed by atoms with Gasteiger partial charge >= 0.3 is 5.97 Å². The van der Waals surface area contributed by atoms with E-state index in [1.54, 1.807) is 0 Å². The van der Waals surface area contributed by atoms with Gasteiger partial charge in [0.1, 0.15) is 5.69 Å². The van der Waals surface area contributed by atoms with E-state index in [0.717, 1.165) is 6.07 Å².